The first-order valence-corrected chi connectivity index (χ1v) is 19.8. The van der Waals surface area contributed by atoms with Crippen LogP contribution in [0.5, 0.6) is 0 Å². The minimum absolute atomic E-state index is 0.0183. The van der Waals surface area contributed by atoms with Crippen LogP contribution in [0.1, 0.15) is 80.6 Å². The summed E-state index contributed by atoms with van der Waals surface area (Å²) in [5.41, 5.74) is 0. The Bertz CT molecular complexity index is 1120. The van der Waals surface area contributed by atoms with Gasteiger partial charge >= 0.3 is 5.97 Å². The molecule has 1 saturated heterocycles. The summed E-state index contributed by atoms with van der Waals surface area (Å²) in [6.45, 7) is 14.1. The van der Waals surface area contributed by atoms with E-state index < -0.39 is 48.3 Å². The molecule has 0 aromatic heterocycles. The zero-order valence-electron chi connectivity index (χ0n) is 33.8. The van der Waals surface area contributed by atoms with Gasteiger partial charge in [0.1, 0.15) is 12.1 Å². The summed E-state index contributed by atoms with van der Waals surface area (Å²) in [5, 5.41) is 5.86. The quantitative estimate of drug-likeness (QED) is 0.159. The number of methoxy groups -OCH3 is 3. The average molecular weight is 744 g/mol. The molecule has 13 nitrogen and oxygen atoms in total. The van der Waals surface area contributed by atoms with Gasteiger partial charge in [0.25, 0.3) is 0 Å². The molecule has 0 saturated carbocycles. The number of ether oxygens (including phenoxy) is 3. The lowest BCUT2D eigenvalue weighted by Crippen LogP contribution is -2.59. The van der Waals surface area contributed by atoms with Crippen molar-refractivity contribution in [3.63, 3.8) is 0 Å². The molecule has 51 heavy (non-hydrogen) atoms. The van der Waals surface area contributed by atoms with Gasteiger partial charge in [0.05, 0.1) is 49.8 Å². The number of likely N-dealkylation sites (N-methyl/N-ethyl adjacent to an activating group) is 2. The fraction of sp³-hybridized carbons (Fsp3) is 0.865. The first-order valence-electron chi connectivity index (χ1n) is 18.4. The van der Waals surface area contributed by atoms with Crippen molar-refractivity contribution >= 4 is 41.4 Å². The van der Waals surface area contributed by atoms with Crippen LogP contribution < -0.4 is 10.6 Å². The van der Waals surface area contributed by atoms with Crippen molar-refractivity contribution < 1.29 is 38.2 Å². The summed E-state index contributed by atoms with van der Waals surface area (Å²) in [7, 11) is 9.81. The van der Waals surface area contributed by atoms with E-state index in [1.807, 2.05) is 66.8 Å². The van der Waals surface area contributed by atoms with Crippen molar-refractivity contribution in [2.45, 2.75) is 123 Å². The Morgan fingerprint density at radius 3 is 2.00 bits per heavy atom. The fourth-order valence-electron chi connectivity index (χ4n) is 7.34. The number of esters is 1. The summed E-state index contributed by atoms with van der Waals surface area (Å²) in [6, 6.07) is -2.75. The van der Waals surface area contributed by atoms with Crippen molar-refractivity contribution in [1.82, 2.24) is 25.3 Å². The van der Waals surface area contributed by atoms with Crippen molar-refractivity contribution in [1.29, 1.82) is 0 Å². The highest BCUT2D eigenvalue weighted by molar-refractivity contribution is 7.98. The van der Waals surface area contributed by atoms with E-state index >= 15 is 0 Å². The number of thioether (sulfide) groups is 1. The number of carbonyl (C=O) groups is 5. The summed E-state index contributed by atoms with van der Waals surface area (Å²) >= 11 is 1.57. The summed E-state index contributed by atoms with van der Waals surface area (Å²) in [5.74, 6) is -1.58. The molecular formula is C37H69N5O8S. The van der Waals surface area contributed by atoms with Crippen molar-refractivity contribution in [2.75, 3.05) is 61.0 Å². The van der Waals surface area contributed by atoms with Gasteiger partial charge in [-0.3, -0.25) is 24.1 Å². The molecule has 1 heterocycles. The molecule has 9 atom stereocenters. The zero-order chi connectivity index (χ0) is 39.2. The zero-order valence-corrected chi connectivity index (χ0v) is 34.6. The van der Waals surface area contributed by atoms with Crippen molar-refractivity contribution in [2.24, 2.45) is 23.7 Å². The second-order valence-electron chi connectivity index (χ2n) is 14.8. The van der Waals surface area contributed by atoms with E-state index in [-0.39, 0.29) is 53.8 Å². The standard InChI is InChI=1S/C37H69N5O8S/c1-15-24(6)32(41(10)36(46)30(22(2)3)39-35(45)31(23(4)5)40(8)9)28(48-11)21-29(43)42-19-16-17-27(42)33(49-12)25(7)34(44)38-26(18-20-51-14)37(47)50-13/h22-28,30-33H,15-21H2,1-14H3,(H,38,44)(H,39,45)/t24-,25+,26-,27-,28+,30-,31-,32-,33+/m0/s1. The van der Waals surface area contributed by atoms with Gasteiger partial charge in [-0.2, -0.15) is 11.8 Å². The molecule has 1 fully saturated rings. The van der Waals surface area contributed by atoms with Crippen LogP contribution in [0.3, 0.4) is 0 Å². The minimum atomic E-state index is -0.774. The van der Waals surface area contributed by atoms with Crippen LogP contribution in [-0.2, 0) is 38.2 Å². The molecule has 0 unspecified atom stereocenters. The smallest absolute Gasteiger partial charge is 0.328 e. The molecular weight excluding hydrogens is 675 g/mol. The normalized spacial score (nSPS) is 19.5. The number of carbonyl (C=O) groups excluding carboxylic acids is 5. The SMILES string of the molecule is CC[C@H](C)[C@@H]([C@@H](CC(=O)N1CCC[C@H]1[C@H](OC)[C@@H](C)C(=O)N[C@@H](CCSC)C(=O)OC)OC)N(C)C(=O)[C@@H](NC(=O)[C@H](C(C)C)N(C)C)C(C)C. The molecule has 14 heteroatoms. The molecule has 1 aliphatic rings. The maximum atomic E-state index is 14.2. The third-order valence-corrected chi connectivity index (χ3v) is 11.0. The van der Waals surface area contributed by atoms with E-state index in [2.05, 4.69) is 10.6 Å². The molecule has 1 rings (SSSR count). The lowest BCUT2D eigenvalue weighted by molar-refractivity contribution is -0.149. The fourth-order valence-corrected chi connectivity index (χ4v) is 7.81. The maximum absolute atomic E-state index is 14.2. The molecule has 0 radical (unpaired) electrons. The van der Waals surface area contributed by atoms with Gasteiger partial charge in [-0.25, -0.2) is 4.79 Å². The van der Waals surface area contributed by atoms with E-state index in [4.69, 9.17) is 14.2 Å². The Hall–Kier alpha value is -2.42. The van der Waals surface area contributed by atoms with Crippen molar-refractivity contribution in [3.05, 3.63) is 0 Å². The minimum Gasteiger partial charge on any atom is -0.467 e. The van der Waals surface area contributed by atoms with E-state index in [0.29, 0.717) is 25.1 Å². The van der Waals surface area contributed by atoms with E-state index in [9.17, 15) is 24.0 Å². The molecule has 0 aromatic rings. The van der Waals surface area contributed by atoms with Crippen LogP contribution in [0.15, 0.2) is 0 Å². The van der Waals surface area contributed by atoms with Gasteiger partial charge in [-0.05, 0) is 63.1 Å². The maximum Gasteiger partial charge on any atom is 0.328 e. The molecule has 4 amide bonds. The van der Waals surface area contributed by atoms with E-state index in [1.165, 1.54) is 14.2 Å². The Morgan fingerprint density at radius 2 is 1.53 bits per heavy atom. The number of rotatable bonds is 22. The second kappa shape index (κ2) is 22.6. The van der Waals surface area contributed by atoms with Crippen LogP contribution in [0.25, 0.3) is 0 Å². The predicted molar refractivity (Wildman–Crippen MR) is 202 cm³/mol. The Balaban J connectivity index is 3.27. The number of nitrogens with one attached hydrogen (secondary N) is 2. The average Bonchev–Trinajstić information content (AvgIpc) is 3.57. The molecule has 0 aliphatic carbocycles. The topological polar surface area (TPSA) is 147 Å². The van der Waals surface area contributed by atoms with Crippen LogP contribution in [0.2, 0.25) is 0 Å². The molecule has 2 N–H and O–H groups in total. The van der Waals surface area contributed by atoms with Crippen LogP contribution in [0, 0.1) is 23.7 Å². The highest BCUT2D eigenvalue weighted by Gasteiger charge is 2.43. The summed E-state index contributed by atoms with van der Waals surface area (Å²) in [4.78, 5) is 72.8. The highest BCUT2D eigenvalue weighted by Crippen LogP contribution is 2.30. The predicted octanol–water partition coefficient (Wildman–Crippen LogP) is 3.04. The van der Waals surface area contributed by atoms with Crippen LogP contribution in [-0.4, -0.2) is 148 Å². The molecule has 1 aliphatic heterocycles. The largest absolute Gasteiger partial charge is 0.467 e. The number of nitrogens with zero attached hydrogens (tertiary/aromatic N) is 3. The molecule has 0 bridgehead atoms. The molecule has 0 spiro atoms. The van der Waals surface area contributed by atoms with Gasteiger partial charge in [0, 0.05) is 27.8 Å². The van der Waals surface area contributed by atoms with Crippen molar-refractivity contribution in [3.8, 4) is 0 Å². The van der Waals surface area contributed by atoms with E-state index in [1.54, 1.807) is 42.6 Å². The molecule has 0 aromatic carbocycles. The number of hydrogen-bond donors (Lipinski definition) is 2. The first kappa shape index (κ1) is 46.6. The highest BCUT2D eigenvalue weighted by atomic mass is 32.2. The number of likely N-dealkylation sites (tertiary alicyclic amines) is 1. The summed E-state index contributed by atoms with van der Waals surface area (Å²) < 4.78 is 16.8. The third-order valence-electron chi connectivity index (χ3n) is 10.4. The number of hydrogen-bond acceptors (Lipinski definition) is 10. The van der Waals surface area contributed by atoms with Crippen LogP contribution in [0.4, 0.5) is 0 Å². The van der Waals surface area contributed by atoms with Gasteiger partial charge in [-0.15, -0.1) is 0 Å². The summed E-state index contributed by atoms with van der Waals surface area (Å²) in [6.07, 6.45) is 3.27. The van der Waals surface area contributed by atoms with Gasteiger partial charge < -0.3 is 34.6 Å². The monoisotopic (exact) mass is 743 g/mol. The lowest BCUT2D eigenvalue weighted by Gasteiger charge is -2.41. The lowest BCUT2D eigenvalue weighted by atomic mass is 9.89. The van der Waals surface area contributed by atoms with Crippen LogP contribution >= 0.6 is 11.8 Å². The third kappa shape index (κ3) is 12.9. The van der Waals surface area contributed by atoms with Gasteiger partial charge in [0.2, 0.25) is 23.6 Å². The Labute approximate surface area is 312 Å². The Kier molecular flexibility index (Phi) is 20.7. The number of amides is 4. The van der Waals surface area contributed by atoms with Gasteiger partial charge in [-0.1, -0.05) is 54.9 Å². The molecule has 296 valence electrons. The Morgan fingerprint density at radius 1 is 0.902 bits per heavy atom. The first-order chi connectivity index (χ1) is 23.9. The van der Waals surface area contributed by atoms with Gasteiger partial charge in [0.15, 0.2) is 0 Å². The second-order valence-corrected chi connectivity index (χ2v) is 15.8. The van der Waals surface area contributed by atoms with E-state index in [0.717, 1.165) is 12.8 Å².